The molecule has 0 fully saturated rings. The fourth-order valence-electron chi connectivity index (χ4n) is 3.42. The normalized spacial score (nSPS) is 13.0. The van der Waals surface area contributed by atoms with Crippen molar-refractivity contribution in [3.8, 4) is 5.69 Å². The molecule has 0 radical (unpaired) electrons. The van der Waals surface area contributed by atoms with Gasteiger partial charge in [-0.3, -0.25) is 19.0 Å². The van der Waals surface area contributed by atoms with Crippen molar-refractivity contribution >= 4 is 11.7 Å². The van der Waals surface area contributed by atoms with E-state index in [1.54, 1.807) is 24.3 Å². The van der Waals surface area contributed by atoms with Crippen LogP contribution in [0, 0.1) is 0 Å². The molecule has 0 saturated carbocycles. The molecule has 2 aromatic rings. The Labute approximate surface area is 158 Å². The van der Waals surface area contributed by atoms with E-state index in [-0.39, 0.29) is 11.3 Å². The van der Waals surface area contributed by atoms with Crippen molar-refractivity contribution in [3.05, 3.63) is 88.9 Å². The Balaban J connectivity index is 2.24. The van der Waals surface area contributed by atoms with Gasteiger partial charge < -0.3 is 4.90 Å². The molecule has 1 aromatic heterocycles. The highest BCUT2D eigenvalue weighted by Gasteiger charge is 2.27. The van der Waals surface area contributed by atoms with Gasteiger partial charge in [0.25, 0.3) is 11.5 Å². The van der Waals surface area contributed by atoms with E-state index in [0.717, 1.165) is 0 Å². The van der Waals surface area contributed by atoms with E-state index in [4.69, 9.17) is 0 Å². The number of amides is 1. The van der Waals surface area contributed by atoms with Crippen molar-refractivity contribution in [3.63, 3.8) is 0 Å². The van der Waals surface area contributed by atoms with Gasteiger partial charge in [-0.15, -0.1) is 13.2 Å². The third kappa shape index (κ3) is 3.53. The molecule has 0 N–H and O–H groups in total. The van der Waals surface area contributed by atoms with Gasteiger partial charge in [0.2, 0.25) is 0 Å². The van der Waals surface area contributed by atoms with Crippen LogP contribution in [0.3, 0.4) is 0 Å². The molecule has 0 saturated heterocycles. The lowest BCUT2D eigenvalue weighted by atomic mass is 9.92. The van der Waals surface area contributed by atoms with Crippen molar-refractivity contribution < 1.29 is 9.59 Å². The molecule has 3 rings (SSSR count). The summed E-state index contributed by atoms with van der Waals surface area (Å²) in [4.78, 5) is 40.3. The Bertz CT molecular complexity index is 948. The number of Topliss-reactive ketones (excluding diaryl/α,β-unsaturated/α-hetero) is 1. The summed E-state index contributed by atoms with van der Waals surface area (Å²) in [6, 6.07) is 10.6. The number of ketones is 1. The predicted molar refractivity (Wildman–Crippen MR) is 106 cm³/mol. The molecule has 27 heavy (non-hydrogen) atoms. The SMILES string of the molecule is C=CCN(CC=C)C(=O)c1cc2c(n(-c3ccccc3)c1=O)CCCC2=O. The second-order valence-corrected chi connectivity index (χ2v) is 6.46. The number of pyridine rings is 1. The van der Waals surface area contributed by atoms with E-state index in [9.17, 15) is 14.4 Å². The molecule has 1 amide bonds. The molecule has 138 valence electrons. The summed E-state index contributed by atoms with van der Waals surface area (Å²) in [6.45, 7) is 7.91. The van der Waals surface area contributed by atoms with Gasteiger partial charge in [-0.2, -0.15) is 0 Å². The molecule has 1 aliphatic rings. The highest BCUT2D eigenvalue weighted by atomic mass is 16.2. The van der Waals surface area contributed by atoms with Gasteiger partial charge in [0.15, 0.2) is 5.78 Å². The number of carbonyl (C=O) groups excluding carboxylic acids is 2. The van der Waals surface area contributed by atoms with Crippen LogP contribution in [0.1, 0.15) is 39.3 Å². The van der Waals surface area contributed by atoms with Crippen molar-refractivity contribution in [2.24, 2.45) is 0 Å². The molecule has 1 aliphatic carbocycles. The maximum absolute atomic E-state index is 13.3. The summed E-state index contributed by atoms with van der Waals surface area (Å²) in [5, 5.41) is 0. The molecule has 0 bridgehead atoms. The van der Waals surface area contributed by atoms with Crippen LogP contribution < -0.4 is 5.56 Å². The van der Waals surface area contributed by atoms with Crippen LogP contribution in [0.4, 0.5) is 0 Å². The Hall–Kier alpha value is -3.21. The molecule has 5 nitrogen and oxygen atoms in total. The predicted octanol–water partition coefficient (Wildman–Crippen LogP) is 3.17. The van der Waals surface area contributed by atoms with Crippen LogP contribution >= 0.6 is 0 Å². The summed E-state index contributed by atoms with van der Waals surface area (Å²) >= 11 is 0. The van der Waals surface area contributed by atoms with Crippen molar-refractivity contribution in [2.75, 3.05) is 13.1 Å². The molecule has 0 spiro atoms. The second-order valence-electron chi connectivity index (χ2n) is 6.46. The highest BCUT2D eigenvalue weighted by molar-refractivity contribution is 6.02. The van der Waals surface area contributed by atoms with Gasteiger partial charge in [0.05, 0.1) is 0 Å². The number of hydrogen-bond acceptors (Lipinski definition) is 3. The number of hydrogen-bond donors (Lipinski definition) is 0. The fraction of sp³-hybridized carbons (Fsp3) is 0.227. The maximum atomic E-state index is 13.3. The molecule has 1 aromatic carbocycles. The lowest BCUT2D eigenvalue weighted by Gasteiger charge is -2.24. The van der Waals surface area contributed by atoms with Crippen molar-refractivity contribution in [1.29, 1.82) is 0 Å². The monoisotopic (exact) mass is 362 g/mol. The summed E-state index contributed by atoms with van der Waals surface area (Å²) < 4.78 is 1.51. The minimum absolute atomic E-state index is 0.00319. The largest absolute Gasteiger partial charge is 0.331 e. The Kier molecular flexibility index (Phi) is 5.50. The number of rotatable bonds is 6. The molecule has 1 heterocycles. The number of carbonyl (C=O) groups is 2. The summed E-state index contributed by atoms with van der Waals surface area (Å²) in [5.74, 6) is -0.459. The van der Waals surface area contributed by atoms with Crippen LogP contribution in [-0.4, -0.2) is 34.2 Å². The quantitative estimate of drug-likeness (QED) is 0.742. The average molecular weight is 362 g/mol. The van der Waals surface area contributed by atoms with E-state index in [0.29, 0.717) is 49.3 Å². The Morgan fingerprint density at radius 2 is 1.74 bits per heavy atom. The van der Waals surface area contributed by atoms with E-state index in [2.05, 4.69) is 13.2 Å². The maximum Gasteiger partial charge on any atom is 0.268 e. The Morgan fingerprint density at radius 1 is 1.07 bits per heavy atom. The minimum atomic E-state index is -0.425. The standard InChI is InChI=1S/C22H22N2O3/c1-3-13-23(14-4-2)21(26)18-15-17-19(11-8-12-20(17)25)24(22(18)27)16-9-6-5-7-10-16/h3-7,9-10,15H,1-2,8,11-14H2. The molecule has 0 unspecified atom stereocenters. The summed E-state index contributed by atoms with van der Waals surface area (Å²) in [5.41, 5.74) is 1.39. The molecule has 0 aliphatic heterocycles. The zero-order chi connectivity index (χ0) is 19.4. The smallest absolute Gasteiger partial charge is 0.268 e. The van der Waals surface area contributed by atoms with E-state index in [1.165, 1.54) is 15.5 Å². The van der Waals surface area contributed by atoms with Gasteiger partial charge in [0.1, 0.15) is 5.56 Å². The minimum Gasteiger partial charge on any atom is -0.331 e. The average Bonchev–Trinajstić information content (AvgIpc) is 2.68. The molecule has 0 atom stereocenters. The van der Waals surface area contributed by atoms with E-state index >= 15 is 0 Å². The lowest BCUT2D eigenvalue weighted by Crippen LogP contribution is -2.38. The first-order valence-electron chi connectivity index (χ1n) is 8.97. The summed E-state index contributed by atoms with van der Waals surface area (Å²) in [7, 11) is 0. The van der Waals surface area contributed by atoms with Crippen LogP contribution in [0.5, 0.6) is 0 Å². The molecule has 5 heteroatoms. The van der Waals surface area contributed by atoms with Gasteiger partial charge in [-0.05, 0) is 31.0 Å². The van der Waals surface area contributed by atoms with Crippen LogP contribution in [-0.2, 0) is 6.42 Å². The number of benzene rings is 1. The van der Waals surface area contributed by atoms with Crippen molar-refractivity contribution in [2.45, 2.75) is 19.3 Å². The lowest BCUT2D eigenvalue weighted by molar-refractivity contribution is 0.0788. The van der Waals surface area contributed by atoms with Gasteiger partial charge in [-0.25, -0.2) is 0 Å². The third-order valence-electron chi connectivity index (χ3n) is 4.65. The van der Waals surface area contributed by atoms with Crippen LogP contribution in [0.15, 0.2) is 66.5 Å². The number of para-hydroxylation sites is 1. The first kappa shape index (κ1) is 18.6. The second kappa shape index (κ2) is 7.99. The molecular weight excluding hydrogens is 340 g/mol. The fourth-order valence-corrected chi connectivity index (χ4v) is 3.42. The van der Waals surface area contributed by atoms with Crippen LogP contribution in [0.25, 0.3) is 5.69 Å². The van der Waals surface area contributed by atoms with Gasteiger partial charge >= 0.3 is 0 Å². The zero-order valence-electron chi connectivity index (χ0n) is 15.2. The van der Waals surface area contributed by atoms with Crippen molar-refractivity contribution in [1.82, 2.24) is 9.47 Å². The van der Waals surface area contributed by atoms with E-state index in [1.807, 2.05) is 18.2 Å². The molecular formula is C22H22N2O3. The first-order chi connectivity index (χ1) is 13.1. The number of nitrogens with zero attached hydrogens (tertiary/aromatic N) is 2. The first-order valence-corrected chi connectivity index (χ1v) is 8.97. The van der Waals surface area contributed by atoms with E-state index < -0.39 is 11.5 Å². The zero-order valence-corrected chi connectivity index (χ0v) is 15.2. The highest BCUT2D eigenvalue weighted by Crippen LogP contribution is 2.24. The number of aromatic nitrogens is 1. The van der Waals surface area contributed by atoms with Crippen LogP contribution in [0.2, 0.25) is 0 Å². The number of fused-ring (bicyclic) bond motifs is 1. The summed E-state index contributed by atoms with van der Waals surface area (Å²) in [6.07, 6.45) is 4.95. The topological polar surface area (TPSA) is 59.4 Å². The Morgan fingerprint density at radius 3 is 2.37 bits per heavy atom. The van der Waals surface area contributed by atoms with Gasteiger partial charge in [-0.1, -0.05) is 30.4 Å². The van der Waals surface area contributed by atoms with Gasteiger partial charge in [0, 0.05) is 36.5 Å². The third-order valence-corrected chi connectivity index (χ3v) is 4.65.